The highest BCUT2D eigenvalue weighted by atomic mass is 79.9. The monoisotopic (exact) mass is 413 g/mol. The lowest BCUT2D eigenvalue weighted by molar-refractivity contribution is 0.678. The number of hydrogen-bond donors (Lipinski definition) is 1. The Labute approximate surface area is 141 Å². The van der Waals surface area contributed by atoms with Gasteiger partial charge in [-0.15, -0.1) is 0 Å². The van der Waals surface area contributed by atoms with Crippen LogP contribution < -0.4 is 5.32 Å². The summed E-state index contributed by atoms with van der Waals surface area (Å²) < 4.78 is 2.16. The third kappa shape index (κ3) is 3.38. The molecule has 104 valence electrons. The van der Waals surface area contributed by atoms with E-state index in [4.69, 9.17) is 11.6 Å². The van der Waals surface area contributed by atoms with Crippen LogP contribution in [0.4, 0.5) is 5.69 Å². The van der Waals surface area contributed by atoms with Gasteiger partial charge in [-0.2, -0.15) is 0 Å². The van der Waals surface area contributed by atoms with E-state index in [-0.39, 0.29) is 0 Å². The number of halogens is 3. The second-order valence-electron chi connectivity index (χ2n) is 5.14. The van der Waals surface area contributed by atoms with E-state index < -0.39 is 0 Å². The maximum absolute atomic E-state index is 5.98. The molecule has 0 heterocycles. The van der Waals surface area contributed by atoms with Gasteiger partial charge in [0.1, 0.15) is 0 Å². The zero-order valence-corrected chi connectivity index (χ0v) is 14.7. The largest absolute Gasteiger partial charge is 0.377 e. The molecule has 20 heavy (non-hydrogen) atoms. The smallest absolute Gasteiger partial charge is 0.0542 e. The standard InChI is InChI=1S/C16H14Br2ClN/c17-12-5-8-14(18)15(9-12)20-16(10-1-2-10)11-3-6-13(19)7-4-11/h3-10,16,20H,1-2H2. The van der Waals surface area contributed by atoms with Crippen LogP contribution in [0.3, 0.4) is 0 Å². The Balaban J connectivity index is 1.88. The molecule has 0 aromatic heterocycles. The van der Waals surface area contributed by atoms with Gasteiger partial charge in [-0.05, 0) is 70.6 Å². The molecule has 0 radical (unpaired) electrons. The van der Waals surface area contributed by atoms with Crippen LogP contribution >= 0.6 is 43.5 Å². The number of nitrogens with one attached hydrogen (secondary N) is 1. The predicted molar refractivity (Wildman–Crippen MR) is 92.4 cm³/mol. The first-order chi connectivity index (χ1) is 9.63. The molecule has 0 saturated heterocycles. The quantitative estimate of drug-likeness (QED) is 0.607. The summed E-state index contributed by atoms with van der Waals surface area (Å²) >= 11 is 13.1. The average molecular weight is 416 g/mol. The van der Waals surface area contributed by atoms with Gasteiger partial charge in [-0.1, -0.05) is 39.7 Å². The van der Waals surface area contributed by atoms with E-state index in [1.54, 1.807) is 0 Å². The lowest BCUT2D eigenvalue weighted by Gasteiger charge is -2.21. The van der Waals surface area contributed by atoms with Gasteiger partial charge in [0.2, 0.25) is 0 Å². The highest BCUT2D eigenvalue weighted by Crippen LogP contribution is 2.44. The summed E-state index contributed by atoms with van der Waals surface area (Å²) in [5.41, 5.74) is 2.41. The van der Waals surface area contributed by atoms with Crippen molar-refractivity contribution in [2.45, 2.75) is 18.9 Å². The van der Waals surface area contributed by atoms with Crippen molar-refractivity contribution in [2.24, 2.45) is 5.92 Å². The lowest BCUT2D eigenvalue weighted by atomic mass is 10.0. The van der Waals surface area contributed by atoms with Crippen molar-refractivity contribution in [1.82, 2.24) is 0 Å². The van der Waals surface area contributed by atoms with E-state index in [2.05, 4.69) is 61.4 Å². The van der Waals surface area contributed by atoms with Crippen molar-refractivity contribution in [3.63, 3.8) is 0 Å². The summed E-state index contributed by atoms with van der Waals surface area (Å²) in [5.74, 6) is 0.710. The van der Waals surface area contributed by atoms with Crippen molar-refractivity contribution in [2.75, 3.05) is 5.32 Å². The van der Waals surface area contributed by atoms with Crippen molar-refractivity contribution in [3.05, 3.63) is 62.0 Å². The Morgan fingerprint density at radius 3 is 2.40 bits per heavy atom. The average Bonchev–Trinajstić information content (AvgIpc) is 3.25. The van der Waals surface area contributed by atoms with Crippen LogP contribution in [-0.2, 0) is 0 Å². The lowest BCUT2D eigenvalue weighted by Crippen LogP contribution is -2.13. The van der Waals surface area contributed by atoms with Crippen molar-refractivity contribution in [3.8, 4) is 0 Å². The molecule has 1 unspecified atom stereocenters. The van der Waals surface area contributed by atoms with Crippen molar-refractivity contribution < 1.29 is 0 Å². The molecule has 1 aliphatic carbocycles. The van der Waals surface area contributed by atoms with Crippen LogP contribution in [0, 0.1) is 5.92 Å². The Morgan fingerprint density at radius 1 is 1.05 bits per heavy atom. The molecule has 0 bridgehead atoms. The second-order valence-corrected chi connectivity index (χ2v) is 7.34. The zero-order chi connectivity index (χ0) is 14.1. The molecule has 3 rings (SSSR count). The Kier molecular flexibility index (Phi) is 4.39. The van der Waals surface area contributed by atoms with E-state index in [0.29, 0.717) is 12.0 Å². The van der Waals surface area contributed by atoms with Gasteiger partial charge in [0.05, 0.1) is 11.7 Å². The van der Waals surface area contributed by atoms with Crippen molar-refractivity contribution in [1.29, 1.82) is 0 Å². The Bertz CT molecular complexity index is 608. The van der Waals surface area contributed by atoms with Gasteiger partial charge in [-0.25, -0.2) is 0 Å². The first-order valence-corrected chi connectivity index (χ1v) is 8.57. The van der Waals surface area contributed by atoms with Crippen molar-refractivity contribution >= 4 is 49.1 Å². The second kappa shape index (κ2) is 6.08. The van der Waals surface area contributed by atoms with E-state index in [0.717, 1.165) is 19.7 Å². The summed E-state index contributed by atoms with van der Waals surface area (Å²) in [4.78, 5) is 0. The maximum atomic E-state index is 5.98. The molecule has 2 aromatic carbocycles. The van der Waals surface area contributed by atoms with E-state index >= 15 is 0 Å². The molecule has 0 spiro atoms. The molecule has 0 aliphatic heterocycles. The molecule has 1 N–H and O–H groups in total. The highest BCUT2D eigenvalue weighted by Gasteiger charge is 2.32. The molecular weight excluding hydrogens is 401 g/mol. The fraction of sp³-hybridized carbons (Fsp3) is 0.250. The van der Waals surface area contributed by atoms with Crippen LogP contribution in [0.1, 0.15) is 24.4 Å². The fourth-order valence-corrected chi connectivity index (χ4v) is 3.20. The first-order valence-electron chi connectivity index (χ1n) is 6.60. The molecule has 2 aromatic rings. The Hall–Kier alpha value is -0.510. The van der Waals surface area contributed by atoms with E-state index in [1.165, 1.54) is 18.4 Å². The van der Waals surface area contributed by atoms with Crippen LogP contribution in [0.5, 0.6) is 0 Å². The van der Waals surface area contributed by atoms with Crippen LogP contribution in [0.25, 0.3) is 0 Å². The SMILES string of the molecule is Clc1ccc(C(Nc2cc(Br)ccc2Br)C2CC2)cc1. The van der Waals surface area contributed by atoms with Gasteiger partial charge >= 0.3 is 0 Å². The summed E-state index contributed by atoms with van der Waals surface area (Å²) in [6.45, 7) is 0. The number of anilines is 1. The third-order valence-electron chi connectivity index (χ3n) is 3.56. The predicted octanol–water partition coefficient (Wildman–Crippen LogP) is 6.43. The molecule has 4 heteroatoms. The minimum atomic E-state index is 0.345. The molecule has 1 atom stereocenters. The number of benzene rings is 2. The van der Waals surface area contributed by atoms with Gasteiger partial charge < -0.3 is 5.32 Å². The normalized spacial score (nSPS) is 15.9. The summed E-state index contributed by atoms with van der Waals surface area (Å²) in [6.07, 6.45) is 2.57. The minimum absolute atomic E-state index is 0.345. The third-order valence-corrected chi connectivity index (χ3v) is 5.00. The summed E-state index contributed by atoms with van der Waals surface area (Å²) in [5, 5.41) is 4.45. The zero-order valence-electron chi connectivity index (χ0n) is 10.7. The van der Waals surface area contributed by atoms with Crippen LogP contribution in [0.2, 0.25) is 5.02 Å². The number of rotatable bonds is 4. The topological polar surface area (TPSA) is 12.0 Å². The summed E-state index contributed by atoms with van der Waals surface area (Å²) in [7, 11) is 0. The van der Waals surface area contributed by atoms with Crippen LogP contribution in [-0.4, -0.2) is 0 Å². The Morgan fingerprint density at radius 2 is 1.75 bits per heavy atom. The molecular formula is C16H14Br2ClN. The maximum Gasteiger partial charge on any atom is 0.0542 e. The molecule has 1 aliphatic rings. The molecule has 1 nitrogen and oxygen atoms in total. The number of hydrogen-bond acceptors (Lipinski definition) is 1. The molecule has 0 amide bonds. The van der Waals surface area contributed by atoms with Gasteiger partial charge in [0, 0.05) is 14.0 Å². The minimum Gasteiger partial charge on any atom is -0.377 e. The van der Waals surface area contributed by atoms with E-state index in [9.17, 15) is 0 Å². The van der Waals surface area contributed by atoms with Gasteiger partial charge in [0.15, 0.2) is 0 Å². The van der Waals surface area contributed by atoms with E-state index in [1.807, 2.05) is 18.2 Å². The fourth-order valence-electron chi connectivity index (χ4n) is 2.35. The summed E-state index contributed by atoms with van der Waals surface area (Å²) in [6, 6.07) is 14.7. The molecule has 1 fully saturated rings. The van der Waals surface area contributed by atoms with Crippen LogP contribution in [0.15, 0.2) is 51.4 Å². The highest BCUT2D eigenvalue weighted by molar-refractivity contribution is 9.11. The first kappa shape index (κ1) is 14.4. The van der Waals surface area contributed by atoms with Gasteiger partial charge in [-0.3, -0.25) is 0 Å². The van der Waals surface area contributed by atoms with Gasteiger partial charge in [0.25, 0.3) is 0 Å². The molecule has 1 saturated carbocycles.